The maximum atomic E-state index is 12.9. The predicted molar refractivity (Wildman–Crippen MR) is 132 cm³/mol. The fourth-order valence-electron chi connectivity index (χ4n) is 4.18. The Morgan fingerprint density at radius 1 is 0.970 bits per heavy atom. The Morgan fingerprint density at radius 3 is 2.73 bits per heavy atom. The first kappa shape index (κ1) is 21.3. The molecule has 1 fully saturated rings. The first-order valence-corrected chi connectivity index (χ1v) is 11.5. The quantitative estimate of drug-likeness (QED) is 0.479. The number of ether oxygens (including phenoxy) is 1. The average molecular weight is 461 g/mol. The molecule has 0 bridgehead atoms. The van der Waals surface area contributed by atoms with Crippen LogP contribution in [0.25, 0.3) is 0 Å². The monoisotopic (exact) mass is 460 g/mol. The van der Waals surface area contributed by atoms with Crippen LogP contribution in [0.4, 0.5) is 16.2 Å². The molecule has 33 heavy (non-hydrogen) atoms. The minimum Gasteiger partial charge on any atom is -0.454 e. The van der Waals surface area contributed by atoms with Gasteiger partial charge < -0.3 is 19.9 Å². The van der Waals surface area contributed by atoms with Crippen LogP contribution in [0.1, 0.15) is 17.5 Å². The third kappa shape index (κ3) is 4.66. The van der Waals surface area contributed by atoms with Crippen molar-refractivity contribution >= 4 is 34.8 Å². The summed E-state index contributed by atoms with van der Waals surface area (Å²) in [6, 6.07) is 21.1. The van der Waals surface area contributed by atoms with Crippen LogP contribution in [0.2, 0.25) is 5.02 Å². The lowest BCUT2D eigenvalue weighted by atomic mass is 10.1. The second kappa shape index (κ2) is 9.16. The molecule has 3 aromatic carbocycles. The fraction of sp³-hybridized carbons (Fsp3) is 0.231. The number of urea groups is 1. The largest absolute Gasteiger partial charge is 0.454 e. The van der Waals surface area contributed by atoms with Gasteiger partial charge in [0, 0.05) is 36.9 Å². The van der Waals surface area contributed by atoms with Gasteiger partial charge in [-0.1, -0.05) is 41.4 Å². The fourth-order valence-corrected chi connectivity index (χ4v) is 4.37. The Balaban J connectivity index is 1.39. The van der Waals surface area contributed by atoms with Crippen molar-refractivity contribution in [3.05, 3.63) is 82.9 Å². The topological polar surface area (TPSA) is 57.2 Å². The molecule has 0 radical (unpaired) electrons. The molecule has 0 spiro atoms. The molecule has 0 atom stereocenters. The van der Waals surface area contributed by atoms with Gasteiger partial charge in [0.1, 0.15) is 17.3 Å². The van der Waals surface area contributed by atoms with Crippen molar-refractivity contribution < 1.29 is 9.53 Å². The number of aliphatic imine (C=N–C) groups is 1. The van der Waals surface area contributed by atoms with E-state index in [4.69, 9.17) is 21.3 Å². The van der Waals surface area contributed by atoms with E-state index in [2.05, 4.69) is 29.3 Å². The van der Waals surface area contributed by atoms with Gasteiger partial charge in [-0.25, -0.2) is 9.79 Å². The Morgan fingerprint density at radius 2 is 1.85 bits per heavy atom. The van der Waals surface area contributed by atoms with E-state index in [0.29, 0.717) is 30.3 Å². The van der Waals surface area contributed by atoms with Crippen molar-refractivity contribution in [2.45, 2.75) is 13.3 Å². The van der Waals surface area contributed by atoms with Gasteiger partial charge in [-0.05, 0) is 55.8 Å². The van der Waals surface area contributed by atoms with Crippen LogP contribution in [-0.4, -0.2) is 47.8 Å². The van der Waals surface area contributed by atoms with Crippen LogP contribution in [0.5, 0.6) is 11.5 Å². The maximum Gasteiger partial charge on any atom is 0.321 e. The number of anilines is 1. The molecule has 168 valence electrons. The lowest BCUT2D eigenvalue weighted by molar-refractivity contribution is 0.214. The highest BCUT2D eigenvalue weighted by molar-refractivity contribution is 6.30. The van der Waals surface area contributed by atoms with Crippen molar-refractivity contribution in [1.29, 1.82) is 0 Å². The molecular weight excluding hydrogens is 436 g/mol. The van der Waals surface area contributed by atoms with Gasteiger partial charge in [0.05, 0.1) is 5.56 Å². The molecule has 6 nitrogen and oxygen atoms in total. The molecular formula is C26H25ClN4O2. The third-order valence-corrected chi connectivity index (χ3v) is 6.08. The number of hydrogen-bond donors (Lipinski definition) is 1. The second-order valence-electron chi connectivity index (χ2n) is 8.27. The molecule has 0 aromatic heterocycles. The van der Waals surface area contributed by atoms with E-state index in [1.54, 1.807) is 12.1 Å². The molecule has 1 N–H and O–H groups in total. The van der Waals surface area contributed by atoms with Gasteiger partial charge in [-0.15, -0.1) is 0 Å². The maximum absolute atomic E-state index is 12.9. The number of hydrogen-bond acceptors (Lipinski definition) is 4. The molecule has 5 rings (SSSR count). The highest BCUT2D eigenvalue weighted by atomic mass is 35.5. The number of benzene rings is 3. The number of amides is 2. The number of aryl methyl sites for hydroxylation is 1. The number of rotatable bonds is 1. The van der Waals surface area contributed by atoms with Crippen molar-refractivity contribution in [3.63, 3.8) is 0 Å². The summed E-state index contributed by atoms with van der Waals surface area (Å²) in [5.74, 6) is 2.43. The zero-order valence-corrected chi connectivity index (χ0v) is 19.2. The number of fused-ring (bicyclic) bond motifs is 2. The first-order valence-electron chi connectivity index (χ1n) is 11.1. The summed E-state index contributed by atoms with van der Waals surface area (Å²) >= 11 is 6.05. The Labute approximate surface area is 198 Å². The van der Waals surface area contributed by atoms with Crippen molar-refractivity contribution in [2.75, 3.05) is 31.5 Å². The number of halogens is 1. The summed E-state index contributed by atoms with van der Waals surface area (Å²) in [4.78, 5) is 22.0. The van der Waals surface area contributed by atoms with Crippen molar-refractivity contribution in [2.24, 2.45) is 4.99 Å². The summed E-state index contributed by atoms with van der Waals surface area (Å²) in [5, 5.41) is 3.55. The van der Waals surface area contributed by atoms with E-state index in [1.165, 1.54) is 0 Å². The molecule has 7 heteroatoms. The van der Waals surface area contributed by atoms with E-state index >= 15 is 0 Å². The minimum atomic E-state index is -0.119. The smallest absolute Gasteiger partial charge is 0.321 e. The highest BCUT2D eigenvalue weighted by Gasteiger charge is 2.26. The molecule has 3 aromatic rings. The standard InChI is InChI=1S/C26H25ClN4O2/c1-18-10-11-23-21(16-18)25(29-22-8-2-3-9-24(22)33-23)30-12-5-13-31(15-14-30)26(32)28-20-7-4-6-19(27)17-20/h2-4,6-11,16-17H,5,12-15H2,1H3,(H,28,32). The number of amidine groups is 1. The summed E-state index contributed by atoms with van der Waals surface area (Å²) < 4.78 is 6.22. The number of nitrogens with one attached hydrogen (secondary N) is 1. The van der Waals surface area contributed by atoms with E-state index in [-0.39, 0.29) is 6.03 Å². The van der Waals surface area contributed by atoms with Gasteiger partial charge in [0.2, 0.25) is 0 Å². The van der Waals surface area contributed by atoms with Gasteiger partial charge in [-0.3, -0.25) is 0 Å². The van der Waals surface area contributed by atoms with E-state index < -0.39 is 0 Å². The predicted octanol–water partition coefficient (Wildman–Crippen LogP) is 6.07. The van der Waals surface area contributed by atoms with Gasteiger partial charge in [-0.2, -0.15) is 0 Å². The molecule has 0 unspecified atom stereocenters. The highest BCUT2D eigenvalue weighted by Crippen LogP contribution is 2.38. The van der Waals surface area contributed by atoms with E-state index in [1.807, 2.05) is 47.4 Å². The van der Waals surface area contributed by atoms with Crippen LogP contribution in [0.15, 0.2) is 71.7 Å². The van der Waals surface area contributed by atoms with Gasteiger partial charge in [0.25, 0.3) is 0 Å². The van der Waals surface area contributed by atoms with Crippen LogP contribution in [-0.2, 0) is 0 Å². The number of carbonyl (C=O) groups excluding carboxylic acids is 1. The van der Waals surface area contributed by atoms with Crippen LogP contribution >= 0.6 is 11.6 Å². The lowest BCUT2D eigenvalue weighted by Crippen LogP contribution is -2.39. The first-order chi connectivity index (χ1) is 16.1. The summed E-state index contributed by atoms with van der Waals surface area (Å²) in [6.45, 7) is 4.81. The second-order valence-corrected chi connectivity index (χ2v) is 8.71. The van der Waals surface area contributed by atoms with Crippen LogP contribution in [0, 0.1) is 6.92 Å². The zero-order valence-electron chi connectivity index (χ0n) is 18.4. The van der Waals surface area contributed by atoms with Crippen molar-refractivity contribution in [1.82, 2.24) is 9.80 Å². The number of carbonyl (C=O) groups is 1. The summed E-state index contributed by atoms with van der Waals surface area (Å²) in [5.41, 5.74) is 3.62. The normalized spacial score (nSPS) is 15.4. The van der Waals surface area contributed by atoms with E-state index in [9.17, 15) is 4.79 Å². The molecule has 0 aliphatic carbocycles. The van der Waals surface area contributed by atoms with Crippen molar-refractivity contribution in [3.8, 4) is 11.5 Å². The van der Waals surface area contributed by atoms with Crippen LogP contribution in [0.3, 0.4) is 0 Å². The average Bonchev–Trinajstić information content (AvgIpc) is 3.14. The zero-order chi connectivity index (χ0) is 22.8. The Hall–Kier alpha value is -3.51. The van der Waals surface area contributed by atoms with Gasteiger partial charge in [0.15, 0.2) is 5.75 Å². The number of para-hydroxylation sites is 2. The van der Waals surface area contributed by atoms with Crippen LogP contribution < -0.4 is 10.1 Å². The molecule has 2 amide bonds. The Kier molecular flexibility index (Phi) is 5.92. The third-order valence-electron chi connectivity index (χ3n) is 5.85. The summed E-state index contributed by atoms with van der Waals surface area (Å²) in [6.07, 6.45) is 0.839. The Bertz CT molecular complexity index is 1230. The lowest BCUT2D eigenvalue weighted by Gasteiger charge is -2.25. The minimum absolute atomic E-state index is 0.119. The molecule has 2 heterocycles. The molecule has 1 saturated heterocycles. The molecule has 2 aliphatic heterocycles. The molecule has 0 saturated carbocycles. The van der Waals surface area contributed by atoms with E-state index in [0.717, 1.165) is 47.1 Å². The molecule has 2 aliphatic rings. The van der Waals surface area contributed by atoms with Gasteiger partial charge >= 0.3 is 6.03 Å². The SMILES string of the molecule is Cc1ccc2c(c1)C(N1CCCN(C(=O)Nc3cccc(Cl)c3)CC1)=Nc1ccccc1O2. The number of nitrogens with zero attached hydrogens (tertiary/aromatic N) is 3. The summed E-state index contributed by atoms with van der Waals surface area (Å²) in [7, 11) is 0.